The highest BCUT2D eigenvalue weighted by atomic mass is 35.5. The fourth-order valence-electron chi connectivity index (χ4n) is 1.79. The lowest BCUT2D eigenvalue weighted by Gasteiger charge is -2.38. The smallest absolute Gasteiger partial charge is 0.410 e. The Kier molecular flexibility index (Phi) is 5.36. The number of halogens is 1. The van der Waals surface area contributed by atoms with Crippen LogP contribution in [0.5, 0.6) is 5.19 Å². The van der Waals surface area contributed by atoms with Crippen LogP contribution in [0.3, 0.4) is 0 Å². The van der Waals surface area contributed by atoms with Crippen LogP contribution < -0.4 is 4.74 Å². The molecule has 0 N–H and O–H groups in total. The Bertz CT molecular complexity index is 592. The summed E-state index contributed by atoms with van der Waals surface area (Å²) < 4.78 is 16.0. The molecule has 1 aromatic heterocycles. The topological polar surface area (TPSA) is 78.0 Å². The Balaban J connectivity index is 1.85. The van der Waals surface area contributed by atoms with E-state index in [2.05, 4.69) is 4.98 Å². The molecule has 0 radical (unpaired) electrons. The van der Waals surface area contributed by atoms with Gasteiger partial charge in [0.15, 0.2) is 5.69 Å². The van der Waals surface area contributed by atoms with Gasteiger partial charge in [0, 0.05) is 0 Å². The summed E-state index contributed by atoms with van der Waals surface area (Å²) in [5, 5.41) is 0.284. The van der Waals surface area contributed by atoms with Gasteiger partial charge in [-0.2, -0.15) is 4.98 Å². The first-order valence-electron chi connectivity index (χ1n) is 7.17. The molecule has 7 nitrogen and oxygen atoms in total. The van der Waals surface area contributed by atoms with Crippen molar-refractivity contribution in [2.24, 2.45) is 0 Å². The molecule has 0 spiro atoms. The van der Waals surface area contributed by atoms with E-state index in [0.29, 0.717) is 13.1 Å². The number of thiazole rings is 1. The maximum atomic E-state index is 11.8. The lowest BCUT2D eigenvalue weighted by molar-refractivity contribution is -0.0222. The van der Waals surface area contributed by atoms with E-state index in [4.69, 9.17) is 25.8 Å². The van der Waals surface area contributed by atoms with Crippen molar-refractivity contribution in [3.63, 3.8) is 0 Å². The van der Waals surface area contributed by atoms with Gasteiger partial charge in [-0.05, 0) is 27.7 Å². The molecule has 1 aliphatic heterocycles. The maximum Gasteiger partial charge on any atom is 0.410 e. The van der Waals surface area contributed by atoms with Crippen molar-refractivity contribution >= 4 is 35.0 Å². The van der Waals surface area contributed by atoms with Gasteiger partial charge < -0.3 is 19.1 Å². The lowest BCUT2D eigenvalue weighted by Crippen LogP contribution is -2.57. The second-order valence-corrected chi connectivity index (χ2v) is 7.51. The summed E-state index contributed by atoms with van der Waals surface area (Å²) in [5.74, 6) is -0.576. The van der Waals surface area contributed by atoms with Gasteiger partial charge in [0.2, 0.25) is 0 Å². The molecule has 0 aliphatic carbocycles. The minimum atomic E-state index is -0.576. The summed E-state index contributed by atoms with van der Waals surface area (Å²) in [5.41, 5.74) is -0.475. The predicted molar refractivity (Wildman–Crippen MR) is 85.3 cm³/mol. The molecule has 2 rings (SSSR count). The highest BCUT2D eigenvalue weighted by Crippen LogP contribution is 2.32. The quantitative estimate of drug-likeness (QED) is 0.766. The van der Waals surface area contributed by atoms with Crippen LogP contribution in [-0.4, -0.2) is 53.3 Å². The number of likely N-dealkylation sites (tertiary alicyclic amines) is 1. The van der Waals surface area contributed by atoms with Crippen LogP contribution in [-0.2, 0) is 9.47 Å². The summed E-state index contributed by atoms with van der Waals surface area (Å²) in [6, 6.07) is 0. The fourth-order valence-corrected chi connectivity index (χ4v) is 2.81. The van der Waals surface area contributed by atoms with Gasteiger partial charge in [-0.3, -0.25) is 0 Å². The Morgan fingerprint density at radius 3 is 2.61 bits per heavy atom. The Morgan fingerprint density at radius 1 is 1.39 bits per heavy atom. The number of ether oxygens (including phenoxy) is 3. The van der Waals surface area contributed by atoms with E-state index >= 15 is 0 Å². The van der Waals surface area contributed by atoms with Gasteiger partial charge in [-0.1, -0.05) is 22.9 Å². The highest BCUT2D eigenvalue weighted by Gasteiger charge is 2.36. The van der Waals surface area contributed by atoms with Crippen molar-refractivity contribution in [3.05, 3.63) is 10.0 Å². The number of carbonyl (C=O) groups is 2. The molecule has 1 amide bonds. The van der Waals surface area contributed by atoms with Crippen LogP contribution in [0.15, 0.2) is 0 Å². The number of nitrogens with zero attached hydrogens (tertiary/aromatic N) is 2. The van der Waals surface area contributed by atoms with Crippen molar-refractivity contribution < 1.29 is 23.8 Å². The average molecular weight is 363 g/mol. The first-order chi connectivity index (χ1) is 10.7. The zero-order valence-corrected chi connectivity index (χ0v) is 15.0. The first kappa shape index (κ1) is 17.8. The van der Waals surface area contributed by atoms with Crippen molar-refractivity contribution in [2.75, 3.05) is 19.7 Å². The molecule has 1 aromatic rings. The average Bonchev–Trinajstić information content (AvgIpc) is 2.72. The minimum absolute atomic E-state index is 0.0526. The van der Waals surface area contributed by atoms with Crippen LogP contribution in [0.2, 0.25) is 4.34 Å². The molecule has 1 saturated heterocycles. The molecule has 0 bridgehead atoms. The number of hydrogen-bond donors (Lipinski definition) is 0. The number of amides is 1. The van der Waals surface area contributed by atoms with Crippen LogP contribution >= 0.6 is 22.9 Å². The number of esters is 1. The van der Waals surface area contributed by atoms with Gasteiger partial charge in [-0.25, -0.2) is 9.59 Å². The summed E-state index contributed by atoms with van der Waals surface area (Å²) in [6.07, 6.45) is -0.568. The molecule has 0 saturated carbocycles. The van der Waals surface area contributed by atoms with E-state index in [1.54, 1.807) is 6.92 Å². The molecule has 0 atom stereocenters. The summed E-state index contributed by atoms with van der Waals surface area (Å²) in [4.78, 5) is 29.0. The van der Waals surface area contributed by atoms with Gasteiger partial charge in [0.05, 0.1) is 19.7 Å². The van der Waals surface area contributed by atoms with E-state index in [1.165, 1.54) is 4.90 Å². The van der Waals surface area contributed by atoms with Crippen molar-refractivity contribution in [3.8, 4) is 5.19 Å². The second-order valence-electron chi connectivity index (χ2n) is 5.95. The van der Waals surface area contributed by atoms with Gasteiger partial charge in [-0.15, -0.1) is 0 Å². The normalized spacial score (nSPS) is 15.1. The molecule has 2 heterocycles. The number of aromatic nitrogens is 1. The van der Waals surface area contributed by atoms with Crippen molar-refractivity contribution in [1.82, 2.24) is 9.88 Å². The largest absolute Gasteiger partial charge is 0.463 e. The standard InChI is InChI=1S/C14H19ClN2O5S/c1-5-20-11(18)9-10(15)23-12(16-9)21-8-6-17(7-8)13(19)22-14(2,3)4/h8H,5-7H2,1-4H3. The number of carbonyl (C=O) groups excluding carboxylic acids is 2. The van der Waals surface area contributed by atoms with Crippen LogP contribution in [0.4, 0.5) is 4.79 Å². The molecule has 23 heavy (non-hydrogen) atoms. The van der Waals surface area contributed by atoms with Crippen molar-refractivity contribution in [2.45, 2.75) is 39.4 Å². The van der Waals surface area contributed by atoms with E-state index < -0.39 is 11.6 Å². The molecule has 128 valence electrons. The van der Waals surface area contributed by atoms with Crippen LogP contribution in [0.25, 0.3) is 0 Å². The zero-order valence-electron chi connectivity index (χ0n) is 13.4. The van der Waals surface area contributed by atoms with E-state index in [-0.39, 0.29) is 34.0 Å². The third-order valence-electron chi connectivity index (χ3n) is 2.80. The molecular formula is C14H19ClN2O5S. The first-order valence-corrected chi connectivity index (χ1v) is 8.37. The lowest BCUT2D eigenvalue weighted by atomic mass is 10.2. The summed E-state index contributed by atoms with van der Waals surface area (Å²) in [6.45, 7) is 8.20. The van der Waals surface area contributed by atoms with Gasteiger partial charge >= 0.3 is 12.1 Å². The maximum absolute atomic E-state index is 11.8. The second kappa shape index (κ2) is 6.92. The monoisotopic (exact) mass is 362 g/mol. The van der Waals surface area contributed by atoms with E-state index in [9.17, 15) is 9.59 Å². The molecule has 1 fully saturated rings. The van der Waals surface area contributed by atoms with E-state index in [0.717, 1.165) is 11.3 Å². The Hall–Kier alpha value is -1.54. The SMILES string of the molecule is CCOC(=O)c1nc(OC2CN(C(=O)OC(C)(C)C)C2)sc1Cl. The van der Waals surface area contributed by atoms with Gasteiger partial charge in [0.25, 0.3) is 5.19 Å². The molecule has 1 aliphatic rings. The number of hydrogen-bond acceptors (Lipinski definition) is 7. The van der Waals surface area contributed by atoms with Gasteiger partial charge in [0.1, 0.15) is 16.0 Å². The third-order valence-corrected chi connectivity index (χ3v) is 3.95. The van der Waals surface area contributed by atoms with E-state index in [1.807, 2.05) is 20.8 Å². The molecular weight excluding hydrogens is 344 g/mol. The third kappa shape index (κ3) is 4.71. The summed E-state index contributed by atoms with van der Waals surface area (Å²) >= 11 is 7.02. The number of rotatable bonds is 4. The van der Waals surface area contributed by atoms with Crippen LogP contribution in [0.1, 0.15) is 38.2 Å². The fraction of sp³-hybridized carbons (Fsp3) is 0.643. The van der Waals surface area contributed by atoms with Crippen LogP contribution in [0, 0.1) is 0 Å². The minimum Gasteiger partial charge on any atom is -0.463 e. The molecule has 0 unspecified atom stereocenters. The highest BCUT2D eigenvalue weighted by molar-refractivity contribution is 7.17. The van der Waals surface area contributed by atoms with Crippen molar-refractivity contribution in [1.29, 1.82) is 0 Å². The Morgan fingerprint density at radius 2 is 2.04 bits per heavy atom. The molecule has 9 heteroatoms. The zero-order chi connectivity index (χ0) is 17.2. The Labute approximate surface area is 143 Å². The predicted octanol–water partition coefficient (Wildman–Crippen LogP) is 2.97. The molecule has 0 aromatic carbocycles. The summed E-state index contributed by atoms with van der Waals surface area (Å²) in [7, 11) is 0.